The number of ether oxygens (including phenoxy) is 1. The molecule has 1 aliphatic carbocycles. The number of amides is 1. The Balaban J connectivity index is 2.48. The normalized spacial score (nSPS) is 24.8. The van der Waals surface area contributed by atoms with Crippen molar-refractivity contribution >= 4 is 12.1 Å². The molecule has 0 aromatic carbocycles. The summed E-state index contributed by atoms with van der Waals surface area (Å²) in [4.78, 5) is 22.9. The van der Waals surface area contributed by atoms with Crippen LogP contribution >= 0.6 is 0 Å². The minimum Gasteiger partial charge on any atom is -0.480 e. The standard InChI is InChI=1S/C14H26N2O4/c1-14(2,3)20-13(19)16-11(12(17)18)8-9-4-6-10(15)7-5-9/h9-11H,4-8,15H2,1-3H3,(H,16,19)(H,17,18)/t9?,10?,11-/m0/s1. The predicted molar refractivity (Wildman–Crippen MR) is 75.3 cm³/mol. The van der Waals surface area contributed by atoms with Gasteiger partial charge in [0.2, 0.25) is 0 Å². The Hall–Kier alpha value is -1.30. The molecule has 0 heterocycles. The van der Waals surface area contributed by atoms with Crippen molar-refractivity contribution in [1.29, 1.82) is 0 Å². The van der Waals surface area contributed by atoms with Gasteiger partial charge in [-0.3, -0.25) is 0 Å². The molecule has 0 saturated heterocycles. The van der Waals surface area contributed by atoms with Crippen LogP contribution in [0.25, 0.3) is 0 Å². The Kier molecular flexibility index (Phi) is 5.80. The number of aliphatic carboxylic acids is 1. The van der Waals surface area contributed by atoms with Crippen LogP contribution in [0, 0.1) is 5.92 Å². The highest BCUT2D eigenvalue weighted by Gasteiger charge is 2.28. The van der Waals surface area contributed by atoms with Gasteiger partial charge in [0.25, 0.3) is 0 Å². The first kappa shape index (κ1) is 16.8. The minimum absolute atomic E-state index is 0.230. The molecular weight excluding hydrogens is 260 g/mol. The molecule has 0 radical (unpaired) electrons. The van der Waals surface area contributed by atoms with Crippen LogP contribution in [0.1, 0.15) is 52.9 Å². The lowest BCUT2D eigenvalue weighted by Gasteiger charge is -2.28. The van der Waals surface area contributed by atoms with Crippen LogP contribution in [0.3, 0.4) is 0 Å². The first-order valence-electron chi connectivity index (χ1n) is 7.15. The second-order valence-electron chi connectivity index (χ2n) is 6.55. The second-order valence-corrected chi connectivity index (χ2v) is 6.55. The van der Waals surface area contributed by atoms with Crippen LogP contribution in [-0.4, -0.2) is 34.9 Å². The SMILES string of the molecule is CC(C)(C)OC(=O)N[C@@H](CC1CCC(N)CC1)C(=O)O. The molecule has 1 rings (SSSR count). The van der Waals surface area contributed by atoms with Crippen molar-refractivity contribution in [2.75, 3.05) is 0 Å². The van der Waals surface area contributed by atoms with E-state index in [0.29, 0.717) is 12.3 Å². The summed E-state index contributed by atoms with van der Waals surface area (Å²) in [6, 6.07) is -0.669. The summed E-state index contributed by atoms with van der Waals surface area (Å²) in [5.41, 5.74) is 5.20. The molecule has 4 N–H and O–H groups in total. The van der Waals surface area contributed by atoms with E-state index in [-0.39, 0.29) is 6.04 Å². The fraction of sp³-hybridized carbons (Fsp3) is 0.857. The fourth-order valence-corrected chi connectivity index (χ4v) is 2.43. The Morgan fingerprint density at radius 2 is 1.85 bits per heavy atom. The highest BCUT2D eigenvalue weighted by atomic mass is 16.6. The number of alkyl carbamates (subject to hydrolysis) is 1. The minimum atomic E-state index is -1.02. The van der Waals surface area contributed by atoms with Crippen molar-refractivity contribution in [3.63, 3.8) is 0 Å². The average molecular weight is 286 g/mol. The first-order chi connectivity index (χ1) is 9.17. The molecule has 0 unspecified atom stereocenters. The van der Waals surface area contributed by atoms with Crippen molar-refractivity contribution in [2.45, 2.75) is 70.6 Å². The molecule has 1 saturated carbocycles. The van der Waals surface area contributed by atoms with Gasteiger partial charge in [-0.05, 0) is 58.8 Å². The highest BCUT2D eigenvalue weighted by Crippen LogP contribution is 2.27. The maximum atomic E-state index is 11.7. The van der Waals surface area contributed by atoms with E-state index >= 15 is 0 Å². The van der Waals surface area contributed by atoms with Crippen LogP contribution in [0.15, 0.2) is 0 Å². The number of nitrogens with one attached hydrogen (secondary N) is 1. The van der Waals surface area contributed by atoms with Crippen molar-refractivity contribution in [3.8, 4) is 0 Å². The number of carbonyl (C=O) groups excluding carboxylic acids is 1. The lowest BCUT2D eigenvalue weighted by Crippen LogP contribution is -2.45. The van der Waals surface area contributed by atoms with E-state index < -0.39 is 23.7 Å². The van der Waals surface area contributed by atoms with Gasteiger partial charge in [0.05, 0.1) is 0 Å². The summed E-state index contributed by atoms with van der Waals surface area (Å²) >= 11 is 0. The maximum Gasteiger partial charge on any atom is 0.408 e. The third-order valence-corrected chi connectivity index (χ3v) is 3.45. The van der Waals surface area contributed by atoms with E-state index in [1.165, 1.54) is 0 Å². The quantitative estimate of drug-likeness (QED) is 0.732. The molecule has 116 valence electrons. The second kappa shape index (κ2) is 6.92. The number of rotatable bonds is 4. The van der Waals surface area contributed by atoms with Gasteiger partial charge in [-0.1, -0.05) is 0 Å². The molecule has 20 heavy (non-hydrogen) atoms. The van der Waals surface area contributed by atoms with Crippen LogP contribution in [0.5, 0.6) is 0 Å². The molecule has 0 aromatic rings. The number of hydrogen-bond acceptors (Lipinski definition) is 4. The topological polar surface area (TPSA) is 102 Å². The summed E-state index contributed by atoms with van der Waals surface area (Å²) in [5, 5.41) is 11.6. The van der Waals surface area contributed by atoms with E-state index in [1.807, 2.05) is 0 Å². The van der Waals surface area contributed by atoms with Gasteiger partial charge in [-0.2, -0.15) is 0 Å². The Labute approximate surface area is 120 Å². The van der Waals surface area contributed by atoms with Gasteiger partial charge in [0, 0.05) is 6.04 Å². The van der Waals surface area contributed by atoms with Gasteiger partial charge >= 0.3 is 12.1 Å². The molecule has 1 amide bonds. The molecular formula is C14H26N2O4. The smallest absolute Gasteiger partial charge is 0.408 e. The van der Waals surface area contributed by atoms with E-state index in [2.05, 4.69) is 5.32 Å². The average Bonchev–Trinajstić information content (AvgIpc) is 2.28. The van der Waals surface area contributed by atoms with Crippen molar-refractivity contribution in [3.05, 3.63) is 0 Å². The molecule has 6 heteroatoms. The summed E-state index contributed by atoms with van der Waals surface area (Å²) in [6.45, 7) is 5.22. The molecule has 1 aliphatic rings. The molecule has 1 fully saturated rings. The molecule has 0 spiro atoms. The lowest BCUT2D eigenvalue weighted by atomic mass is 9.82. The van der Waals surface area contributed by atoms with Gasteiger partial charge in [-0.25, -0.2) is 9.59 Å². The van der Waals surface area contributed by atoms with Crippen molar-refractivity contribution < 1.29 is 19.4 Å². The van der Waals surface area contributed by atoms with Crippen molar-refractivity contribution in [2.24, 2.45) is 11.7 Å². The number of carbonyl (C=O) groups is 2. The number of carboxylic acid groups (broad SMARTS) is 1. The van der Waals surface area contributed by atoms with E-state index in [4.69, 9.17) is 10.5 Å². The van der Waals surface area contributed by atoms with Gasteiger partial charge < -0.3 is 20.9 Å². The Bertz CT molecular complexity index is 344. The molecule has 6 nitrogen and oxygen atoms in total. The number of hydrogen-bond donors (Lipinski definition) is 3. The van der Waals surface area contributed by atoms with Crippen LogP contribution < -0.4 is 11.1 Å². The van der Waals surface area contributed by atoms with Crippen LogP contribution in [0.4, 0.5) is 4.79 Å². The van der Waals surface area contributed by atoms with E-state index in [9.17, 15) is 14.7 Å². The monoisotopic (exact) mass is 286 g/mol. The molecule has 1 atom stereocenters. The first-order valence-corrected chi connectivity index (χ1v) is 7.15. The number of carboxylic acids is 1. The van der Waals surface area contributed by atoms with E-state index in [0.717, 1.165) is 25.7 Å². The zero-order valence-corrected chi connectivity index (χ0v) is 12.5. The largest absolute Gasteiger partial charge is 0.480 e. The molecule has 0 aromatic heterocycles. The van der Waals surface area contributed by atoms with Gasteiger partial charge in [0.1, 0.15) is 11.6 Å². The van der Waals surface area contributed by atoms with Gasteiger partial charge in [-0.15, -0.1) is 0 Å². The third kappa shape index (κ3) is 6.23. The summed E-state index contributed by atoms with van der Waals surface area (Å²) in [7, 11) is 0. The highest BCUT2D eigenvalue weighted by molar-refractivity contribution is 5.80. The van der Waals surface area contributed by atoms with Gasteiger partial charge in [0.15, 0.2) is 0 Å². The fourth-order valence-electron chi connectivity index (χ4n) is 2.43. The third-order valence-electron chi connectivity index (χ3n) is 3.45. The predicted octanol–water partition coefficient (Wildman–Crippen LogP) is 1.87. The number of nitrogens with two attached hydrogens (primary N) is 1. The van der Waals surface area contributed by atoms with Crippen LogP contribution in [0.2, 0.25) is 0 Å². The maximum absolute atomic E-state index is 11.7. The summed E-state index contributed by atoms with van der Waals surface area (Å²) < 4.78 is 5.09. The Morgan fingerprint density at radius 1 is 1.30 bits per heavy atom. The molecule has 0 bridgehead atoms. The summed E-state index contributed by atoms with van der Waals surface area (Å²) in [5.74, 6) is -0.725. The zero-order valence-electron chi connectivity index (χ0n) is 12.5. The Morgan fingerprint density at radius 3 is 2.30 bits per heavy atom. The lowest BCUT2D eigenvalue weighted by molar-refractivity contribution is -0.140. The zero-order chi connectivity index (χ0) is 15.3. The summed E-state index contributed by atoms with van der Waals surface area (Å²) in [6.07, 6.45) is 3.42. The molecule has 0 aliphatic heterocycles. The van der Waals surface area contributed by atoms with Crippen LogP contribution in [-0.2, 0) is 9.53 Å². The van der Waals surface area contributed by atoms with Crippen molar-refractivity contribution in [1.82, 2.24) is 5.32 Å². The van der Waals surface area contributed by atoms with E-state index in [1.54, 1.807) is 20.8 Å².